The van der Waals surface area contributed by atoms with Crippen LogP contribution < -0.4 is 0 Å². The average Bonchev–Trinajstić information content (AvgIpc) is 2.84. The molecule has 2 aromatic rings. The maximum absolute atomic E-state index is 12.7. The number of aromatic nitrogens is 2. The van der Waals surface area contributed by atoms with Crippen molar-refractivity contribution in [2.24, 2.45) is 7.05 Å². The van der Waals surface area contributed by atoms with Crippen LogP contribution in [0.15, 0.2) is 30.3 Å². The van der Waals surface area contributed by atoms with Gasteiger partial charge in [-0.05, 0) is 30.5 Å². The van der Waals surface area contributed by atoms with Gasteiger partial charge in [0.05, 0.1) is 0 Å². The fraction of sp³-hybridized carbons (Fsp3) is 0.312. The number of amides is 1. The first kappa shape index (κ1) is 14.3. The van der Waals surface area contributed by atoms with Gasteiger partial charge >= 0.3 is 5.97 Å². The van der Waals surface area contributed by atoms with E-state index >= 15 is 0 Å². The Bertz CT molecular complexity index is 731. The molecule has 0 aliphatic carbocycles. The molecule has 1 aromatic heterocycles. The average molecular weight is 299 g/mol. The van der Waals surface area contributed by atoms with Crippen molar-refractivity contribution < 1.29 is 14.7 Å². The van der Waals surface area contributed by atoms with Crippen molar-refractivity contribution in [1.29, 1.82) is 0 Å². The van der Waals surface area contributed by atoms with Gasteiger partial charge in [0.1, 0.15) is 0 Å². The molecule has 2 heterocycles. The molecule has 22 heavy (non-hydrogen) atoms. The first-order chi connectivity index (χ1) is 10.5. The van der Waals surface area contributed by atoms with E-state index in [-0.39, 0.29) is 11.6 Å². The second kappa shape index (κ2) is 5.29. The van der Waals surface area contributed by atoms with Crippen molar-refractivity contribution in [2.45, 2.75) is 19.4 Å². The summed E-state index contributed by atoms with van der Waals surface area (Å²) in [6.07, 6.45) is 0.650. The third-order valence-electron chi connectivity index (χ3n) is 4.11. The summed E-state index contributed by atoms with van der Waals surface area (Å²) in [5.41, 5.74) is 2.80. The summed E-state index contributed by atoms with van der Waals surface area (Å²) in [6.45, 7) is 2.23. The van der Waals surface area contributed by atoms with Crippen LogP contribution in [0, 0.1) is 6.92 Å². The molecule has 6 heteroatoms. The van der Waals surface area contributed by atoms with E-state index in [1.54, 1.807) is 29.9 Å². The Hall–Kier alpha value is -2.63. The highest BCUT2D eigenvalue weighted by molar-refractivity contribution is 5.95. The van der Waals surface area contributed by atoms with Crippen molar-refractivity contribution in [3.63, 3.8) is 0 Å². The number of hydrogen-bond acceptors (Lipinski definition) is 3. The van der Waals surface area contributed by atoms with Crippen LogP contribution in [0.3, 0.4) is 0 Å². The molecule has 3 rings (SSSR count). The topological polar surface area (TPSA) is 75.4 Å². The molecule has 0 fully saturated rings. The van der Waals surface area contributed by atoms with Crippen LogP contribution in [0.2, 0.25) is 0 Å². The van der Waals surface area contributed by atoms with Crippen molar-refractivity contribution in [1.82, 2.24) is 14.7 Å². The van der Waals surface area contributed by atoms with Gasteiger partial charge in [-0.1, -0.05) is 24.3 Å². The van der Waals surface area contributed by atoms with Gasteiger partial charge in [0, 0.05) is 19.3 Å². The molecule has 0 saturated carbocycles. The van der Waals surface area contributed by atoms with E-state index in [4.69, 9.17) is 0 Å². The summed E-state index contributed by atoms with van der Waals surface area (Å²) in [5.74, 6) is -1.36. The third-order valence-corrected chi connectivity index (χ3v) is 4.11. The van der Waals surface area contributed by atoms with Gasteiger partial charge in [0.15, 0.2) is 11.7 Å². The minimum Gasteiger partial charge on any atom is -0.479 e. The van der Waals surface area contributed by atoms with Crippen LogP contribution in [0.4, 0.5) is 0 Å². The van der Waals surface area contributed by atoms with Gasteiger partial charge in [-0.25, -0.2) is 4.79 Å². The zero-order valence-electron chi connectivity index (χ0n) is 12.5. The summed E-state index contributed by atoms with van der Waals surface area (Å²) in [6, 6.07) is 8.10. The molecule has 1 amide bonds. The van der Waals surface area contributed by atoms with E-state index in [2.05, 4.69) is 5.10 Å². The number of aliphatic carboxylic acids is 1. The van der Waals surface area contributed by atoms with E-state index in [9.17, 15) is 14.7 Å². The quantitative estimate of drug-likeness (QED) is 0.913. The fourth-order valence-corrected chi connectivity index (χ4v) is 2.86. The molecule has 114 valence electrons. The van der Waals surface area contributed by atoms with Crippen LogP contribution in [-0.2, 0) is 18.3 Å². The molecule has 1 aliphatic rings. The van der Waals surface area contributed by atoms with Crippen molar-refractivity contribution in [3.8, 4) is 0 Å². The van der Waals surface area contributed by atoms with Crippen molar-refractivity contribution >= 4 is 11.9 Å². The zero-order chi connectivity index (χ0) is 15.9. The summed E-state index contributed by atoms with van der Waals surface area (Å²) in [4.78, 5) is 25.8. The second-order valence-electron chi connectivity index (χ2n) is 5.48. The van der Waals surface area contributed by atoms with Crippen LogP contribution in [0.25, 0.3) is 0 Å². The molecular weight excluding hydrogens is 282 g/mol. The first-order valence-corrected chi connectivity index (χ1v) is 7.11. The minimum absolute atomic E-state index is 0.283. The van der Waals surface area contributed by atoms with Gasteiger partial charge in [-0.15, -0.1) is 0 Å². The lowest BCUT2D eigenvalue weighted by Crippen LogP contribution is -2.43. The van der Waals surface area contributed by atoms with E-state index < -0.39 is 12.0 Å². The zero-order valence-corrected chi connectivity index (χ0v) is 12.5. The van der Waals surface area contributed by atoms with E-state index in [1.165, 1.54) is 4.90 Å². The number of rotatable bonds is 2. The number of benzene rings is 1. The summed E-state index contributed by atoms with van der Waals surface area (Å²) in [5, 5.41) is 13.8. The van der Waals surface area contributed by atoms with Gasteiger partial charge in [0.2, 0.25) is 0 Å². The van der Waals surface area contributed by atoms with E-state index in [0.29, 0.717) is 18.5 Å². The highest BCUT2D eigenvalue weighted by atomic mass is 16.4. The second-order valence-corrected chi connectivity index (χ2v) is 5.48. The first-order valence-electron chi connectivity index (χ1n) is 7.11. The minimum atomic E-state index is -1.02. The van der Waals surface area contributed by atoms with Gasteiger partial charge in [-0.3, -0.25) is 9.48 Å². The number of aryl methyl sites for hydroxylation is 2. The lowest BCUT2D eigenvalue weighted by Gasteiger charge is -2.34. The molecule has 6 nitrogen and oxygen atoms in total. The predicted molar refractivity (Wildman–Crippen MR) is 79.5 cm³/mol. The summed E-state index contributed by atoms with van der Waals surface area (Å²) in [7, 11) is 1.76. The van der Waals surface area contributed by atoms with E-state index in [1.807, 2.05) is 19.1 Å². The smallest absolute Gasteiger partial charge is 0.331 e. The maximum atomic E-state index is 12.7. The number of hydrogen-bond donors (Lipinski definition) is 1. The number of fused-ring (bicyclic) bond motifs is 1. The SMILES string of the molecule is Cc1cc(C(=O)N2CCc3ccccc3C2C(=O)O)nn1C. The maximum Gasteiger partial charge on any atom is 0.331 e. The molecule has 1 atom stereocenters. The Morgan fingerprint density at radius 3 is 2.68 bits per heavy atom. The molecule has 1 unspecified atom stereocenters. The van der Waals surface area contributed by atoms with Gasteiger partial charge in [0.25, 0.3) is 5.91 Å². The highest BCUT2D eigenvalue weighted by Gasteiger charge is 2.36. The Morgan fingerprint density at radius 1 is 1.32 bits per heavy atom. The molecule has 1 N–H and O–H groups in total. The Balaban J connectivity index is 2.00. The van der Waals surface area contributed by atoms with Gasteiger partial charge < -0.3 is 10.0 Å². The number of carbonyl (C=O) groups excluding carboxylic acids is 1. The number of carboxylic acid groups (broad SMARTS) is 1. The lowest BCUT2D eigenvalue weighted by atomic mass is 9.92. The molecule has 0 radical (unpaired) electrons. The number of carbonyl (C=O) groups is 2. The third kappa shape index (κ3) is 2.26. The van der Waals surface area contributed by atoms with Crippen LogP contribution in [0.1, 0.15) is 33.4 Å². The summed E-state index contributed by atoms with van der Waals surface area (Å²) >= 11 is 0. The number of nitrogens with zero attached hydrogens (tertiary/aromatic N) is 3. The predicted octanol–water partition coefficient (Wildman–Crippen LogP) is 1.55. The molecular formula is C16H17N3O3. The normalized spacial score (nSPS) is 17.2. The largest absolute Gasteiger partial charge is 0.479 e. The lowest BCUT2D eigenvalue weighted by molar-refractivity contribution is -0.143. The van der Waals surface area contributed by atoms with E-state index in [0.717, 1.165) is 11.3 Å². The molecule has 1 aliphatic heterocycles. The Labute approximate surface area is 128 Å². The fourth-order valence-electron chi connectivity index (χ4n) is 2.86. The van der Waals surface area contributed by atoms with Crippen molar-refractivity contribution in [2.75, 3.05) is 6.54 Å². The van der Waals surface area contributed by atoms with Crippen LogP contribution in [0.5, 0.6) is 0 Å². The van der Waals surface area contributed by atoms with Crippen LogP contribution in [-0.4, -0.2) is 38.2 Å². The highest BCUT2D eigenvalue weighted by Crippen LogP contribution is 2.31. The Kier molecular flexibility index (Phi) is 3.44. The van der Waals surface area contributed by atoms with Gasteiger partial charge in [-0.2, -0.15) is 5.10 Å². The molecule has 1 aromatic carbocycles. The number of carboxylic acids is 1. The molecule has 0 bridgehead atoms. The Morgan fingerprint density at radius 2 is 2.05 bits per heavy atom. The molecule has 0 saturated heterocycles. The van der Waals surface area contributed by atoms with Crippen LogP contribution >= 0.6 is 0 Å². The van der Waals surface area contributed by atoms with Crippen molar-refractivity contribution in [3.05, 3.63) is 52.8 Å². The standard InChI is InChI=1S/C16H17N3O3/c1-10-9-13(17-18(10)2)15(20)19-8-7-11-5-3-4-6-12(11)14(19)16(21)22/h3-6,9,14H,7-8H2,1-2H3,(H,21,22). The molecule has 0 spiro atoms. The monoisotopic (exact) mass is 299 g/mol. The summed E-state index contributed by atoms with van der Waals surface area (Å²) < 4.78 is 1.61.